The number of aryl methyl sites for hydroxylation is 1. The van der Waals surface area contributed by atoms with Gasteiger partial charge in [0.25, 0.3) is 0 Å². The van der Waals surface area contributed by atoms with Crippen LogP contribution >= 0.6 is 0 Å². The molecule has 2 rings (SSSR count). The Bertz CT molecular complexity index is 402. The monoisotopic (exact) mass is 264 g/mol. The molecule has 1 N–H and O–H groups in total. The second-order valence-electron chi connectivity index (χ2n) is 5.25. The molecule has 1 aromatic rings. The number of aromatic nitrogens is 2. The fourth-order valence-corrected chi connectivity index (χ4v) is 2.32. The lowest BCUT2D eigenvalue weighted by molar-refractivity contribution is 0.210. The third kappa shape index (κ3) is 4.06. The molecule has 0 bridgehead atoms. The fraction of sp³-hybridized carbons (Fsp3) is 0.714. The summed E-state index contributed by atoms with van der Waals surface area (Å²) in [5, 5.41) is 3.27. The Hall–Kier alpha value is -1.36. The van der Waals surface area contributed by atoms with Crippen LogP contribution in [0.4, 0.5) is 11.6 Å². The Morgan fingerprint density at radius 1 is 1.37 bits per heavy atom. The first-order chi connectivity index (χ1) is 9.19. The maximum absolute atomic E-state index is 5.04. The van der Waals surface area contributed by atoms with Crippen molar-refractivity contribution in [1.29, 1.82) is 0 Å². The molecule has 0 atom stereocenters. The molecule has 1 aliphatic rings. The van der Waals surface area contributed by atoms with E-state index in [2.05, 4.69) is 27.1 Å². The summed E-state index contributed by atoms with van der Waals surface area (Å²) < 4.78 is 5.04. The molecule has 19 heavy (non-hydrogen) atoms. The molecule has 0 amide bonds. The van der Waals surface area contributed by atoms with Gasteiger partial charge in [-0.25, -0.2) is 9.97 Å². The maximum Gasteiger partial charge on any atom is 0.134 e. The number of anilines is 2. The SMILES string of the molecule is COCCNc1cc(N2CCC(C)CC2)nc(C)n1. The molecular formula is C14H24N4O. The number of methoxy groups -OCH3 is 1. The van der Waals surface area contributed by atoms with Crippen LogP contribution in [0.5, 0.6) is 0 Å². The zero-order valence-corrected chi connectivity index (χ0v) is 12.1. The zero-order chi connectivity index (χ0) is 13.7. The minimum absolute atomic E-state index is 0.680. The van der Waals surface area contributed by atoms with Crippen molar-refractivity contribution in [2.45, 2.75) is 26.7 Å². The van der Waals surface area contributed by atoms with Gasteiger partial charge in [0.2, 0.25) is 0 Å². The quantitative estimate of drug-likeness (QED) is 0.825. The van der Waals surface area contributed by atoms with Gasteiger partial charge in [-0.2, -0.15) is 0 Å². The fourth-order valence-electron chi connectivity index (χ4n) is 2.32. The summed E-state index contributed by atoms with van der Waals surface area (Å²) in [6.45, 7) is 7.89. The Kier molecular flexibility index (Phi) is 4.96. The van der Waals surface area contributed by atoms with E-state index in [1.54, 1.807) is 7.11 Å². The highest BCUT2D eigenvalue weighted by molar-refractivity contribution is 5.49. The molecule has 0 saturated carbocycles. The summed E-state index contributed by atoms with van der Waals surface area (Å²) in [4.78, 5) is 11.3. The molecule has 1 aliphatic heterocycles. The molecule has 2 heterocycles. The van der Waals surface area contributed by atoms with Crippen molar-refractivity contribution in [3.63, 3.8) is 0 Å². The van der Waals surface area contributed by atoms with E-state index in [0.717, 1.165) is 43.0 Å². The van der Waals surface area contributed by atoms with Crippen LogP contribution in [-0.4, -0.2) is 43.3 Å². The number of nitrogens with zero attached hydrogens (tertiary/aromatic N) is 3. The van der Waals surface area contributed by atoms with Crippen molar-refractivity contribution < 1.29 is 4.74 Å². The Morgan fingerprint density at radius 3 is 2.79 bits per heavy atom. The highest BCUT2D eigenvalue weighted by Gasteiger charge is 2.17. The van der Waals surface area contributed by atoms with Gasteiger partial charge in [-0.15, -0.1) is 0 Å². The normalized spacial score (nSPS) is 16.7. The van der Waals surface area contributed by atoms with Crippen LogP contribution < -0.4 is 10.2 Å². The smallest absolute Gasteiger partial charge is 0.134 e. The van der Waals surface area contributed by atoms with E-state index in [0.29, 0.717) is 6.61 Å². The van der Waals surface area contributed by atoms with Crippen molar-refractivity contribution in [2.75, 3.05) is 43.6 Å². The minimum Gasteiger partial charge on any atom is -0.383 e. The van der Waals surface area contributed by atoms with E-state index in [4.69, 9.17) is 4.74 Å². The predicted molar refractivity (Wildman–Crippen MR) is 77.7 cm³/mol. The van der Waals surface area contributed by atoms with E-state index in [1.807, 2.05) is 13.0 Å². The molecule has 106 valence electrons. The third-order valence-corrected chi connectivity index (χ3v) is 3.54. The lowest BCUT2D eigenvalue weighted by atomic mass is 9.99. The third-order valence-electron chi connectivity index (χ3n) is 3.54. The van der Waals surface area contributed by atoms with Crippen molar-refractivity contribution in [1.82, 2.24) is 9.97 Å². The van der Waals surface area contributed by atoms with Crippen molar-refractivity contribution >= 4 is 11.6 Å². The lowest BCUT2D eigenvalue weighted by Crippen LogP contribution is -2.33. The van der Waals surface area contributed by atoms with Crippen LogP contribution in [0.1, 0.15) is 25.6 Å². The summed E-state index contributed by atoms with van der Waals surface area (Å²) in [6, 6.07) is 2.04. The first-order valence-corrected chi connectivity index (χ1v) is 7.02. The predicted octanol–water partition coefficient (Wildman–Crippen LogP) is 2.08. The molecule has 0 aromatic carbocycles. The van der Waals surface area contributed by atoms with Crippen LogP contribution in [0.3, 0.4) is 0 Å². The molecule has 5 nitrogen and oxygen atoms in total. The topological polar surface area (TPSA) is 50.3 Å². The van der Waals surface area contributed by atoms with Crippen LogP contribution in [0.15, 0.2) is 6.07 Å². The average Bonchev–Trinajstić information content (AvgIpc) is 2.39. The van der Waals surface area contributed by atoms with Gasteiger partial charge in [0, 0.05) is 32.8 Å². The van der Waals surface area contributed by atoms with Gasteiger partial charge in [-0.3, -0.25) is 0 Å². The molecule has 0 aliphatic carbocycles. The number of hydrogen-bond acceptors (Lipinski definition) is 5. The van der Waals surface area contributed by atoms with Crippen molar-refractivity contribution in [3.8, 4) is 0 Å². The number of piperidine rings is 1. The van der Waals surface area contributed by atoms with Crippen LogP contribution in [0.2, 0.25) is 0 Å². The lowest BCUT2D eigenvalue weighted by Gasteiger charge is -2.31. The van der Waals surface area contributed by atoms with Gasteiger partial charge in [0.1, 0.15) is 17.5 Å². The molecule has 5 heteroatoms. The highest BCUT2D eigenvalue weighted by atomic mass is 16.5. The van der Waals surface area contributed by atoms with Gasteiger partial charge in [0.05, 0.1) is 6.61 Å². The van der Waals surface area contributed by atoms with Gasteiger partial charge in [-0.1, -0.05) is 6.92 Å². The van der Waals surface area contributed by atoms with E-state index in [1.165, 1.54) is 12.8 Å². The number of nitrogens with one attached hydrogen (secondary N) is 1. The maximum atomic E-state index is 5.04. The largest absolute Gasteiger partial charge is 0.383 e. The average molecular weight is 264 g/mol. The standard InChI is InChI=1S/C14H24N4O/c1-11-4-7-18(8-5-11)14-10-13(15-6-9-19-3)16-12(2)17-14/h10-11H,4-9H2,1-3H3,(H,15,16,17). The van der Waals surface area contributed by atoms with Crippen LogP contribution in [-0.2, 0) is 4.74 Å². The molecule has 1 aromatic heterocycles. The molecular weight excluding hydrogens is 240 g/mol. The first kappa shape index (κ1) is 14.1. The molecule has 1 fully saturated rings. The first-order valence-electron chi connectivity index (χ1n) is 7.02. The van der Waals surface area contributed by atoms with Gasteiger partial charge >= 0.3 is 0 Å². The molecule has 0 radical (unpaired) electrons. The van der Waals surface area contributed by atoms with E-state index in [9.17, 15) is 0 Å². The van der Waals surface area contributed by atoms with E-state index in [-0.39, 0.29) is 0 Å². The summed E-state index contributed by atoms with van der Waals surface area (Å²) >= 11 is 0. The number of hydrogen-bond donors (Lipinski definition) is 1. The van der Waals surface area contributed by atoms with Crippen molar-refractivity contribution in [2.24, 2.45) is 5.92 Å². The van der Waals surface area contributed by atoms with Gasteiger partial charge in [-0.05, 0) is 25.7 Å². The summed E-state index contributed by atoms with van der Waals surface area (Å²) in [6.07, 6.45) is 2.49. The number of ether oxygens (including phenoxy) is 1. The second-order valence-corrected chi connectivity index (χ2v) is 5.25. The highest BCUT2D eigenvalue weighted by Crippen LogP contribution is 2.22. The Balaban J connectivity index is 2.03. The van der Waals surface area contributed by atoms with Crippen molar-refractivity contribution in [3.05, 3.63) is 11.9 Å². The minimum atomic E-state index is 0.680. The second kappa shape index (κ2) is 6.70. The van der Waals surface area contributed by atoms with Crippen LogP contribution in [0.25, 0.3) is 0 Å². The molecule has 1 saturated heterocycles. The summed E-state index contributed by atoms with van der Waals surface area (Å²) in [5.41, 5.74) is 0. The van der Waals surface area contributed by atoms with Gasteiger partial charge < -0.3 is 15.0 Å². The number of rotatable bonds is 5. The Morgan fingerprint density at radius 2 is 2.11 bits per heavy atom. The van der Waals surface area contributed by atoms with E-state index < -0.39 is 0 Å². The van der Waals surface area contributed by atoms with E-state index >= 15 is 0 Å². The molecule has 0 spiro atoms. The summed E-state index contributed by atoms with van der Waals surface area (Å²) in [5.74, 6) is 3.58. The molecule has 0 unspecified atom stereocenters. The van der Waals surface area contributed by atoms with Gasteiger partial charge in [0.15, 0.2) is 0 Å². The summed E-state index contributed by atoms with van der Waals surface area (Å²) in [7, 11) is 1.70. The zero-order valence-electron chi connectivity index (χ0n) is 12.1. The Labute approximate surface area is 115 Å². The van der Waals surface area contributed by atoms with Crippen LogP contribution in [0, 0.1) is 12.8 Å².